The molecule has 1 atom stereocenters. The summed E-state index contributed by atoms with van der Waals surface area (Å²) in [7, 11) is 0. The molecule has 0 aromatic heterocycles. The van der Waals surface area contributed by atoms with Crippen LogP contribution in [-0.4, -0.2) is 0 Å². The Bertz CT molecular complexity index is 567. The van der Waals surface area contributed by atoms with Crippen molar-refractivity contribution in [2.24, 2.45) is 0 Å². The first-order valence-electron chi connectivity index (χ1n) is 5.17. The largest absolute Gasteiger partial charge is 0.0766 e. The molecule has 15 heavy (non-hydrogen) atoms. The quantitative estimate of drug-likeness (QED) is 0.641. The number of fused-ring (bicyclic) bond motifs is 3. The van der Waals surface area contributed by atoms with E-state index in [4.69, 9.17) is 0 Å². The van der Waals surface area contributed by atoms with Gasteiger partial charge in [0.05, 0.1) is 0 Å². The maximum Gasteiger partial charge on any atom is 0.0257 e. The van der Waals surface area contributed by atoms with Gasteiger partial charge in [0.2, 0.25) is 0 Å². The van der Waals surface area contributed by atoms with Crippen molar-refractivity contribution < 1.29 is 0 Å². The Morgan fingerprint density at radius 1 is 1.13 bits per heavy atom. The topological polar surface area (TPSA) is 0 Å². The highest BCUT2D eigenvalue weighted by atomic mass is 79.9. The van der Waals surface area contributed by atoms with Crippen LogP contribution in [0, 0.1) is 0 Å². The molecule has 1 unspecified atom stereocenters. The van der Waals surface area contributed by atoms with E-state index in [9.17, 15) is 0 Å². The molecule has 0 heterocycles. The fourth-order valence-corrected chi connectivity index (χ4v) is 2.87. The van der Waals surface area contributed by atoms with Gasteiger partial charge in [0.15, 0.2) is 0 Å². The van der Waals surface area contributed by atoms with Gasteiger partial charge in [0, 0.05) is 4.47 Å². The van der Waals surface area contributed by atoms with Crippen LogP contribution >= 0.6 is 15.9 Å². The van der Waals surface area contributed by atoms with Gasteiger partial charge < -0.3 is 0 Å². The van der Waals surface area contributed by atoms with Gasteiger partial charge in [-0.1, -0.05) is 59.3 Å². The van der Waals surface area contributed by atoms with Crippen LogP contribution in [0.15, 0.2) is 40.9 Å². The molecular weight excluding hydrogens is 248 g/mol. The van der Waals surface area contributed by atoms with E-state index >= 15 is 0 Å². The first-order valence-corrected chi connectivity index (χ1v) is 5.96. The number of rotatable bonds is 0. The maximum absolute atomic E-state index is 3.65. The third-order valence-electron chi connectivity index (χ3n) is 3.11. The molecule has 1 aliphatic carbocycles. The van der Waals surface area contributed by atoms with Gasteiger partial charge >= 0.3 is 0 Å². The molecule has 0 radical (unpaired) electrons. The van der Waals surface area contributed by atoms with E-state index in [1.807, 2.05) is 0 Å². The lowest BCUT2D eigenvalue weighted by molar-refractivity contribution is 0.991. The van der Waals surface area contributed by atoms with Gasteiger partial charge in [0.25, 0.3) is 0 Å². The van der Waals surface area contributed by atoms with Crippen molar-refractivity contribution in [1.29, 1.82) is 0 Å². The minimum absolute atomic E-state index is 0.543. The molecule has 74 valence electrons. The molecule has 0 N–H and O–H groups in total. The summed E-state index contributed by atoms with van der Waals surface area (Å²) < 4.78 is 1.20. The summed E-state index contributed by atoms with van der Waals surface area (Å²) in [5.74, 6) is 0.543. The molecule has 0 saturated carbocycles. The molecule has 1 heteroatoms. The second-order valence-electron chi connectivity index (χ2n) is 4.05. The Kier molecular flexibility index (Phi) is 1.96. The maximum atomic E-state index is 3.65. The Morgan fingerprint density at radius 2 is 1.87 bits per heavy atom. The van der Waals surface area contributed by atoms with Crippen LogP contribution in [-0.2, 0) is 0 Å². The highest BCUT2D eigenvalue weighted by molar-refractivity contribution is 9.10. The molecule has 1 aliphatic rings. The van der Waals surface area contributed by atoms with E-state index in [-0.39, 0.29) is 0 Å². The highest BCUT2D eigenvalue weighted by Crippen LogP contribution is 2.38. The molecule has 0 saturated heterocycles. The zero-order valence-corrected chi connectivity index (χ0v) is 10.1. The summed E-state index contributed by atoms with van der Waals surface area (Å²) in [4.78, 5) is 0. The molecule has 0 bridgehead atoms. The monoisotopic (exact) mass is 258 g/mol. The molecule has 0 fully saturated rings. The lowest BCUT2D eigenvalue weighted by Crippen LogP contribution is -1.89. The van der Waals surface area contributed by atoms with E-state index < -0.39 is 0 Å². The van der Waals surface area contributed by atoms with Gasteiger partial charge in [-0.25, -0.2) is 0 Å². The van der Waals surface area contributed by atoms with Crippen LogP contribution in [0.2, 0.25) is 0 Å². The SMILES string of the molecule is CC1C=Cc2c1cc(Br)c1ccccc21. The molecule has 0 spiro atoms. The Balaban J connectivity index is 2.48. The number of hydrogen-bond donors (Lipinski definition) is 0. The number of halogens is 1. The lowest BCUT2D eigenvalue weighted by atomic mass is 9.97. The minimum Gasteiger partial charge on any atom is -0.0766 e. The zero-order valence-electron chi connectivity index (χ0n) is 8.50. The van der Waals surface area contributed by atoms with Crippen molar-refractivity contribution in [1.82, 2.24) is 0 Å². The van der Waals surface area contributed by atoms with E-state index in [0.29, 0.717) is 5.92 Å². The summed E-state index contributed by atoms with van der Waals surface area (Å²) in [5.41, 5.74) is 2.82. The molecule has 0 aliphatic heterocycles. The van der Waals surface area contributed by atoms with Crippen LogP contribution in [0.3, 0.4) is 0 Å². The normalized spacial score (nSPS) is 18.4. The van der Waals surface area contributed by atoms with Gasteiger partial charge in [-0.15, -0.1) is 0 Å². The second-order valence-corrected chi connectivity index (χ2v) is 4.91. The number of allylic oxidation sites excluding steroid dienone is 1. The fourth-order valence-electron chi connectivity index (χ4n) is 2.28. The zero-order chi connectivity index (χ0) is 10.4. The van der Waals surface area contributed by atoms with Gasteiger partial charge in [0.1, 0.15) is 0 Å². The molecule has 3 rings (SSSR count). The summed E-state index contributed by atoms with van der Waals surface area (Å²) in [6.07, 6.45) is 4.51. The van der Waals surface area contributed by atoms with Crippen molar-refractivity contribution in [3.05, 3.63) is 52.0 Å². The molecule has 2 aromatic carbocycles. The van der Waals surface area contributed by atoms with Crippen molar-refractivity contribution in [2.75, 3.05) is 0 Å². The summed E-state index contributed by atoms with van der Waals surface area (Å²) in [5, 5.41) is 2.65. The molecular formula is C14H11Br. The first kappa shape index (κ1) is 9.17. The van der Waals surface area contributed by atoms with Crippen molar-refractivity contribution in [3.8, 4) is 0 Å². The lowest BCUT2D eigenvalue weighted by Gasteiger charge is -2.09. The van der Waals surface area contributed by atoms with Crippen molar-refractivity contribution >= 4 is 32.8 Å². The van der Waals surface area contributed by atoms with E-state index in [0.717, 1.165) is 0 Å². The second kappa shape index (κ2) is 3.21. The van der Waals surface area contributed by atoms with Crippen LogP contribution < -0.4 is 0 Å². The van der Waals surface area contributed by atoms with Crippen molar-refractivity contribution in [3.63, 3.8) is 0 Å². The Morgan fingerprint density at radius 3 is 2.67 bits per heavy atom. The predicted octanol–water partition coefficient (Wildman–Crippen LogP) is 4.73. The summed E-state index contributed by atoms with van der Waals surface area (Å²) in [6.45, 7) is 2.24. The van der Waals surface area contributed by atoms with Crippen LogP contribution in [0.1, 0.15) is 24.0 Å². The van der Waals surface area contributed by atoms with Gasteiger partial charge in [-0.2, -0.15) is 0 Å². The third-order valence-corrected chi connectivity index (χ3v) is 3.77. The summed E-state index contributed by atoms with van der Waals surface area (Å²) >= 11 is 3.65. The smallest absolute Gasteiger partial charge is 0.0257 e. The minimum atomic E-state index is 0.543. The standard InChI is InChI=1S/C14H11Br/c1-9-6-7-11-10-4-2-3-5-12(10)14(15)8-13(9)11/h2-9H,1H3. The number of hydrogen-bond acceptors (Lipinski definition) is 0. The van der Waals surface area contributed by atoms with Crippen LogP contribution in [0.4, 0.5) is 0 Å². The molecule has 0 nitrogen and oxygen atoms in total. The van der Waals surface area contributed by atoms with Gasteiger partial charge in [-0.05, 0) is 33.9 Å². The predicted molar refractivity (Wildman–Crippen MR) is 69.1 cm³/mol. The van der Waals surface area contributed by atoms with Gasteiger partial charge in [-0.3, -0.25) is 0 Å². The number of benzene rings is 2. The average molecular weight is 259 g/mol. The van der Waals surface area contributed by atoms with E-state index in [1.54, 1.807) is 0 Å². The van der Waals surface area contributed by atoms with E-state index in [2.05, 4.69) is 65.3 Å². The van der Waals surface area contributed by atoms with Crippen molar-refractivity contribution in [2.45, 2.75) is 12.8 Å². The van der Waals surface area contributed by atoms with E-state index in [1.165, 1.54) is 26.4 Å². The van der Waals surface area contributed by atoms with Crippen LogP contribution in [0.25, 0.3) is 16.8 Å². The fraction of sp³-hybridized carbons (Fsp3) is 0.143. The Hall–Kier alpha value is -1.08. The Labute approximate surface area is 97.7 Å². The highest BCUT2D eigenvalue weighted by Gasteiger charge is 2.16. The average Bonchev–Trinajstić information content (AvgIpc) is 2.62. The first-order chi connectivity index (χ1) is 7.27. The van der Waals surface area contributed by atoms with Crippen LogP contribution in [0.5, 0.6) is 0 Å². The summed E-state index contributed by atoms with van der Waals surface area (Å²) in [6, 6.07) is 10.8. The molecule has 0 amide bonds. The molecule has 2 aromatic rings. The third kappa shape index (κ3) is 1.26.